The third kappa shape index (κ3) is 4.57. The summed E-state index contributed by atoms with van der Waals surface area (Å²) in [5.74, 6) is -1.17. The fraction of sp³-hybridized carbons (Fsp3) is 0.462. The number of likely N-dealkylation sites (tertiary alicyclic amines) is 1. The van der Waals surface area contributed by atoms with Gasteiger partial charge in [0.25, 0.3) is 12.3 Å². The molecule has 1 saturated heterocycles. The Morgan fingerprint density at radius 1 is 1.21 bits per heavy atom. The van der Waals surface area contributed by atoms with Crippen molar-refractivity contribution in [1.82, 2.24) is 15.2 Å². The lowest BCUT2D eigenvalue weighted by Crippen LogP contribution is -2.65. The van der Waals surface area contributed by atoms with E-state index in [1.165, 1.54) is 30.2 Å². The second kappa shape index (κ2) is 10.1. The zero-order chi connectivity index (χ0) is 27.2. The molecule has 0 atom stereocenters. The molecule has 0 radical (unpaired) electrons. The van der Waals surface area contributed by atoms with E-state index in [1.54, 1.807) is 11.0 Å². The molecule has 3 heterocycles. The van der Waals surface area contributed by atoms with Crippen molar-refractivity contribution in [3.63, 3.8) is 0 Å². The molecule has 3 amide bonds. The number of nitrogens with zero attached hydrogens (tertiary/aromatic N) is 3. The first-order valence-corrected chi connectivity index (χ1v) is 12.7. The molecule has 3 aliphatic rings. The van der Waals surface area contributed by atoms with Crippen molar-refractivity contribution in [2.24, 2.45) is 5.92 Å². The number of hydrogen-bond acceptors (Lipinski definition) is 5. The molecular formula is C26H26ClF3N4O4. The summed E-state index contributed by atoms with van der Waals surface area (Å²) >= 11 is 5.86. The van der Waals surface area contributed by atoms with E-state index in [0.717, 1.165) is 6.20 Å². The Hall–Kier alpha value is -3.34. The highest BCUT2D eigenvalue weighted by molar-refractivity contribution is 6.30. The molecule has 1 spiro atoms. The number of fused-ring (bicyclic) bond motifs is 2. The third-order valence-corrected chi connectivity index (χ3v) is 7.94. The fourth-order valence-corrected chi connectivity index (χ4v) is 5.94. The molecule has 1 aliphatic carbocycles. The molecule has 1 N–H and O–H groups in total. The molecule has 1 saturated carbocycles. The van der Waals surface area contributed by atoms with E-state index in [-0.39, 0.29) is 41.5 Å². The maximum absolute atomic E-state index is 14.2. The summed E-state index contributed by atoms with van der Waals surface area (Å²) in [7, 11) is 1.28. The average Bonchev–Trinajstić information content (AvgIpc) is 3.10. The van der Waals surface area contributed by atoms with Crippen LogP contribution in [0, 0.1) is 11.7 Å². The van der Waals surface area contributed by atoms with Gasteiger partial charge in [-0.1, -0.05) is 17.7 Å². The summed E-state index contributed by atoms with van der Waals surface area (Å²) in [6.07, 6.45) is 0.191. The Labute approximate surface area is 222 Å². The van der Waals surface area contributed by atoms with Gasteiger partial charge < -0.3 is 19.9 Å². The Morgan fingerprint density at radius 3 is 2.58 bits per heavy atom. The van der Waals surface area contributed by atoms with Gasteiger partial charge in [0.1, 0.15) is 16.9 Å². The van der Waals surface area contributed by atoms with Gasteiger partial charge in [0.2, 0.25) is 5.91 Å². The molecule has 8 nitrogen and oxygen atoms in total. The lowest BCUT2D eigenvalue weighted by Gasteiger charge is -2.45. The van der Waals surface area contributed by atoms with Gasteiger partial charge in [-0.05, 0) is 55.4 Å². The molecular weight excluding hydrogens is 525 g/mol. The van der Waals surface area contributed by atoms with Crippen molar-refractivity contribution in [3.8, 4) is 0 Å². The van der Waals surface area contributed by atoms with E-state index >= 15 is 0 Å². The van der Waals surface area contributed by atoms with Crippen molar-refractivity contribution in [1.29, 1.82) is 0 Å². The van der Waals surface area contributed by atoms with Crippen LogP contribution in [0.1, 0.15) is 53.7 Å². The highest BCUT2D eigenvalue weighted by Crippen LogP contribution is 2.48. The normalized spacial score (nSPS) is 21.9. The van der Waals surface area contributed by atoms with Crippen LogP contribution in [-0.4, -0.2) is 60.6 Å². The van der Waals surface area contributed by atoms with Gasteiger partial charge in [0.15, 0.2) is 0 Å². The van der Waals surface area contributed by atoms with Crippen molar-refractivity contribution >= 4 is 35.2 Å². The van der Waals surface area contributed by atoms with Crippen molar-refractivity contribution in [3.05, 3.63) is 58.1 Å². The zero-order valence-corrected chi connectivity index (χ0v) is 21.3. The van der Waals surface area contributed by atoms with Crippen molar-refractivity contribution < 1.29 is 32.3 Å². The molecule has 12 heteroatoms. The minimum absolute atomic E-state index is 0.0918. The maximum atomic E-state index is 14.2. The predicted octanol–water partition coefficient (Wildman–Crippen LogP) is 4.47. The summed E-state index contributed by atoms with van der Waals surface area (Å²) in [5, 5.41) is 2.90. The number of rotatable bonds is 5. The maximum Gasteiger partial charge on any atom is 0.409 e. The molecule has 2 fully saturated rings. The molecule has 1 aromatic heterocycles. The summed E-state index contributed by atoms with van der Waals surface area (Å²) in [4.78, 5) is 44.8. The van der Waals surface area contributed by atoms with Gasteiger partial charge in [-0.25, -0.2) is 18.0 Å². The van der Waals surface area contributed by atoms with E-state index in [2.05, 4.69) is 10.3 Å². The number of amides is 3. The highest BCUT2D eigenvalue weighted by Gasteiger charge is 2.59. The van der Waals surface area contributed by atoms with Crippen LogP contribution in [0.3, 0.4) is 0 Å². The largest absolute Gasteiger partial charge is 0.453 e. The van der Waals surface area contributed by atoms with Gasteiger partial charge in [-0.3, -0.25) is 14.6 Å². The highest BCUT2D eigenvalue weighted by atomic mass is 35.5. The predicted molar refractivity (Wildman–Crippen MR) is 132 cm³/mol. The lowest BCUT2D eigenvalue weighted by atomic mass is 9.75. The van der Waals surface area contributed by atoms with Crippen LogP contribution in [0.15, 0.2) is 30.5 Å². The number of ether oxygens (including phenoxy) is 1. The zero-order valence-electron chi connectivity index (χ0n) is 20.6. The second-order valence-electron chi connectivity index (χ2n) is 10.1. The number of halogens is 4. The molecule has 0 bridgehead atoms. The molecule has 0 unspecified atom stereocenters. The SMILES string of the molecule is COC(=O)N1CC2(C1)C(=O)N(CC1CCC(NC(=O)c3cc(Cl)cnc3C(F)F)CC1)c1cc(F)ccc12. The Bertz CT molecular complexity index is 1280. The number of hydrogen-bond donors (Lipinski definition) is 1. The molecule has 202 valence electrons. The monoisotopic (exact) mass is 550 g/mol. The first-order chi connectivity index (χ1) is 18.1. The molecule has 1 aromatic carbocycles. The third-order valence-electron chi connectivity index (χ3n) is 7.73. The number of nitrogens with one attached hydrogen (secondary N) is 1. The topological polar surface area (TPSA) is 91.8 Å². The molecule has 2 aromatic rings. The number of anilines is 1. The van der Waals surface area contributed by atoms with E-state index in [0.29, 0.717) is 43.5 Å². The molecule has 5 rings (SSSR count). The number of alkyl halides is 2. The van der Waals surface area contributed by atoms with Crippen LogP contribution in [0.4, 0.5) is 23.7 Å². The number of benzene rings is 1. The average molecular weight is 551 g/mol. The Balaban J connectivity index is 1.23. The molecule has 38 heavy (non-hydrogen) atoms. The fourth-order valence-electron chi connectivity index (χ4n) is 5.78. The van der Waals surface area contributed by atoms with Crippen molar-refractivity contribution in [2.45, 2.75) is 43.6 Å². The standard InChI is InChI=1S/C26H26ClF3N4O4/c1-38-25(37)33-12-26(13-33)19-7-4-16(28)9-20(19)34(24(26)36)11-14-2-5-17(6-3-14)32-23(35)18-8-15(27)10-31-21(18)22(29)30/h4,7-10,14,17,22H,2-3,5-6,11-13H2,1H3,(H,32,35). The van der Waals surface area contributed by atoms with Gasteiger partial charge in [-0.15, -0.1) is 0 Å². The van der Waals surface area contributed by atoms with Crippen LogP contribution in [0.25, 0.3) is 0 Å². The van der Waals surface area contributed by atoms with E-state index in [9.17, 15) is 27.6 Å². The van der Waals surface area contributed by atoms with Crippen molar-refractivity contribution in [2.75, 3.05) is 31.6 Å². The first kappa shape index (κ1) is 26.3. The van der Waals surface area contributed by atoms with Gasteiger partial charge in [-0.2, -0.15) is 0 Å². The van der Waals surface area contributed by atoms with Crippen LogP contribution < -0.4 is 10.2 Å². The summed E-state index contributed by atoms with van der Waals surface area (Å²) in [5.41, 5.74) is -0.550. The number of aromatic nitrogens is 1. The smallest absolute Gasteiger partial charge is 0.409 e. The van der Waals surface area contributed by atoms with Gasteiger partial charge in [0.05, 0.1) is 23.4 Å². The van der Waals surface area contributed by atoms with Gasteiger partial charge in [0, 0.05) is 31.9 Å². The van der Waals surface area contributed by atoms with E-state index in [4.69, 9.17) is 16.3 Å². The Morgan fingerprint density at radius 2 is 1.92 bits per heavy atom. The number of carbonyl (C=O) groups excluding carboxylic acids is 3. The lowest BCUT2D eigenvalue weighted by molar-refractivity contribution is -0.128. The minimum atomic E-state index is -2.91. The quantitative estimate of drug-likeness (QED) is 0.593. The first-order valence-electron chi connectivity index (χ1n) is 12.3. The van der Waals surface area contributed by atoms with E-state index < -0.39 is 35.4 Å². The Kier molecular flexibility index (Phi) is 6.97. The van der Waals surface area contributed by atoms with Crippen LogP contribution in [0.5, 0.6) is 0 Å². The number of methoxy groups -OCH3 is 1. The summed E-state index contributed by atoms with van der Waals surface area (Å²) in [6, 6.07) is 5.25. The summed E-state index contributed by atoms with van der Waals surface area (Å²) in [6.45, 7) is 0.723. The van der Waals surface area contributed by atoms with Crippen LogP contribution >= 0.6 is 11.6 Å². The summed E-state index contributed by atoms with van der Waals surface area (Å²) < 4.78 is 45.5. The second-order valence-corrected chi connectivity index (χ2v) is 10.5. The van der Waals surface area contributed by atoms with Crippen LogP contribution in [0.2, 0.25) is 5.02 Å². The van der Waals surface area contributed by atoms with Crippen LogP contribution in [-0.2, 0) is 14.9 Å². The number of pyridine rings is 1. The van der Waals surface area contributed by atoms with E-state index in [1.807, 2.05) is 0 Å². The minimum Gasteiger partial charge on any atom is -0.453 e. The van der Waals surface area contributed by atoms with Gasteiger partial charge >= 0.3 is 6.09 Å². The molecule has 2 aliphatic heterocycles. The number of carbonyl (C=O) groups is 3.